The largest absolute Gasteiger partial charge is 0.493 e. The predicted octanol–water partition coefficient (Wildman–Crippen LogP) is 5.05. The molecule has 0 aliphatic rings. The summed E-state index contributed by atoms with van der Waals surface area (Å²) in [6, 6.07) is 19.2. The van der Waals surface area contributed by atoms with Crippen molar-refractivity contribution in [1.29, 1.82) is 0 Å². The molecule has 1 atom stereocenters. The van der Waals surface area contributed by atoms with E-state index in [-0.39, 0.29) is 0 Å². The lowest BCUT2D eigenvalue weighted by Crippen LogP contribution is -2.25. The molecule has 0 aliphatic carbocycles. The third-order valence-corrected chi connectivity index (χ3v) is 5.12. The maximum atomic E-state index is 13.2. The van der Waals surface area contributed by atoms with Crippen molar-refractivity contribution in [3.8, 4) is 23.0 Å². The van der Waals surface area contributed by atoms with E-state index in [0.29, 0.717) is 46.4 Å². The molecule has 3 rings (SSSR count). The molecule has 0 spiro atoms. The smallest absolute Gasteiger partial charge is 0.331 e. The first-order chi connectivity index (χ1) is 17.5. The number of benzene rings is 3. The van der Waals surface area contributed by atoms with Gasteiger partial charge in [-0.3, -0.25) is 4.79 Å². The monoisotopic (exact) mass is 491 g/mol. The topological polar surface area (TPSA) is 92.3 Å². The molecule has 1 unspecified atom stereocenters. The van der Waals surface area contributed by atoms with Gasteiger partial charge < -0.3 is 29.0 Å². The van der Waals surface area contributed by atoms with Gasteiger partial charge in [0.15, 0.2) is 11.5 Å². The summed E-state index contributed by atoms with van der Waals surface area (Å²) in [4.78, 5) is 26.0. The van der Waals surface area contributed by atoms with Gasteiger partial charge in [0.25, 0.3) is 5.91 Å². The molecule has 0 aliphatic heterocycles. The fourth-order valence-corrected chi connectivity index (χ4v) is 3.47. The second-order valence-corrected chi connectivity index (χ2v) is 7.44. The highest BCUT2D eigenvalue weighted by Crippen LogP contribution is 2.38. The Labute approximate surface area is 210 Å². The van der Waals surface area contributed by atoms with Crippen LogP contribution in [-0.4, -0.2) is 39.8 Å². The summed E-state index contributed by atoms with van der Waals surface area (Å²) < 4.78 is 27.2. The number of rotatable bonds is 11. The molecular weight excluding hydrogens is 462 g/mol. The minimum absolute atomic E-state index is 0.438. The maximum absolute atomic E-state index is 13.2. The number of ether oxygens (including phenoxy) is 5. The molecule has 0 aromatic heterocycles. The molecule has 1 N–H and O–H groups in total. The Morgan fingerprint density at radius 1 is 0.861 bits per heavy atom. The predicted molar refractivity (Wildman–Crippen MR) is 137 cm³/mol. The van der Waals surface area contributed by atoms with E-state index in [1.807, 2.05) is 19.1 Å². The molecule has 0 heterocycles. The number of esters is 1. The highest BCUT2D eigenvalue weighted by molar-refractivity contribution is 5.98. The van der Waals surface area contributed by atoms with Gasteiger partial charge in [0.05, 0.1) is 33.6 Å². The standard InChI is InChI=1S/C28H29NO7/c1-5-35-22-14-10-9-13-21(22)29-28(31)26(20-11-7-6-8-12-20)36-25(30)16-15-19-17-23(32-2)27(34-4)24(18-19)33-3/h6-18,26H,5H2,1-4H3,(H,29,31)/b16-15+. The van der Waals surface area contributed by atoms with Crippen molar-refractivity contribution in [2.24, 2.45) is 0 Å². The van der Waals surface area contributed by atoms with Gasteiger partial charge in [-0.15, -0.1) is 0 Å². The van der Waals surface area contributed by atoms with Crippen LogP contribution in [-0.2, 0) is 14.3 Å². The summed E-state index contributed by atoms with van der Waals surface area (Å²) in [5.41, 5.74) is 1.63. The van der Waals surface area contributed by atoms with Crippen LogP contribution in [0.5, 0.6) is 23.0 Å². The van der Waals surface area contributed by atoms with Crippen LogP contribution in [0.15, 0.2) is 72.8 Å². The summed E-state index contributed by atoms with van der Waals surface area (Å²) in [5.74, 6) is 0.633. The molecule has 0 radical (unpaired) electrons. The second-order valence-electron chi connectivity index (χ2n) is 7.44. The van der Waals surface area contributed by atoms with Gasteiger partial charge in [0.1, 0.15) is 5.75 Å². The van der Waals surface area contributed by atoms with Crippen LogP contribution in [0.3, 0.4) is 0 Å². The molecule has 0 saturated heterocycles. The zero-order valence-electron chi connectivity index (χ0n) is 20.6. The summed E-state index contributed by atoms with van der Waals surface area (Å²) in [7, 11) is 4.52. The van der Waals surface area contributed by atoms with Gasteiger partial charge in [-0.05, 0) is 42.8 Å². The van der Waals surface area contributed by atoms with Crippen molar-refractivity contribution >= 4 is 23.6 Å². The quantitative estimate of drug-likeness (QED) is 0.296. The maximum Gasteiger partial charge on any atom is 0.331 e. The third-order valence-electron chi connectivity index (χ3n) is 5.12. The fraction of sp³-hybridized carbons (Fsp3) is 0.214. The molecule has 0 fully saturated rings. The van der Waals surface area contributed by atoms with Crippen LogP contribution in [0.2, 0.25) is 0 Å². The van der Waals surface area contributed by atoms with Crippen molar-refractivity contribution in [2.75, 3.05) is 33.3 Å². The van der Waals surface area contributed by atoms with Crippen molar-refractivity contribution < 1.29 is 33.3 Å². The number of amides is 1. The van der Waals surface area contributed by atoms with Gasteiger partial charge in [0, 0.05) is 11.6 Å². The van der Waals surface area contributed by atoms with Gasteiger partial charge >= 0.3 is 5.97 Å². The first-order valence-electron chi connectivity index (χ1n) is 11.3. The fourth-order valence-electron chi connectivity index (χ4n) is 3.47. The average molecular weight is 492 g/mol. The van der Waals surface area contributed by atoms with Crippen molar-refractivity contribution in [3.05, 3.63) is 83.9 Å². The molecule has 8 heteroatoms. The Hall–Kier alpha value is -4.46. The Morgan fingerprint density at radius 3 is 2.11 bits per heavy atom. The third kappa shape index (κ3) is 6.56. The van der Waals surface area contributed by atoms with Gasteiger partial charge in [-0.2, -0.15) is 0 Å². The molecule has 3 aromatic carbocycles. The SMILES string of the molecule is CCOc1ccccc1NC(=O)C(OC(=O)/C=C/c1cc(OC)c(OC)c(OC)c1)c1ccccc1. The number of hydrogen-bond acceptors (Lipinski definition) is 7. The van der Waals surface area contributed by atoms with E-state index in [1.54, 1.807) is 54.6 Å². The summed E-state index contributed by atoms with van der Waals surface area (Å²) in [6.45, 7) is 2.29. The van der Waals surface area contributed by atoms with Crippen LogP contribution < -0.4 is 24.3 Å². The number of hydrogen-bond donors (Lipinski definition) is 1. The Kier molecular flexibility index (Phi) is 9.33. The first kappa shape index (κ1) is 26.2. The molecule has 188 valence electrons. The molecular formula is C28H29NO7. The van der Waals surface area contributed by atoms with Crippen LogP contribution in [0.25, 0.3) is 6.08 Å². The number of methoxy groups -OCH3 is 3. The number of anilines is 1. The minimum Gasteiger partial charge on any atom is -0.493 e. The van der Waals surface area contributed by atoms with E-state index >= 15 is 0 Å². The number of carbonyl (C=O) groups is 2. The zero-order chi connectivity index (χ0) is 25.9. The number of para-hydroxylation sites is 2. The van der Waals surface area contributed by atoms with Crippen molar-refractivity contribution in [3.63, 3.8) is 0 Å². The van der Waals surface area contributed by atoms with Crippen LogP contribution in [0.1, 0.15) is 24.2 Å². The van der Waals surface area contributed by atoms with Gasteiger partial charge in [-0.1, -0.05) is 42.5 Å². The summed E-state index contributed by atoms with van der Waals surface area (Å²) in [6.07, 6.45) is 1.59. The normalized spacial score (nSPS) is 11.4. The second kappa shape index (κ2) is 12.9. The number of carbonyl (C=O) groups excluding carboxylic acids is 2. The molecule has 8 nitrogen and oxygen atoms in total. The van der Waals surface area contributed by atoms with Crippen LogP contribution >= 0.6 is 0 Å². The van der Waals surface area contributed by atoms with Crippen LogP contribution in [0, 0.1) is 0 Å². The zero-order valence-corrected chi connectivity index (χ0v) is 20.6. The van der Waals surface area contributed by atoms with Crippen LogP contribution in [0.4, 0.5) is 5.69 Å². The number of nitrogens with one attached hydrogen (secondary N) is 1. The summed E-state index contributed by atoms with van der Waals surface area (Å²) in [5, 5.41) is 2.80. The molecule has 0 bridgehead atoms. The van der Waals surface area contributed by atoms with E-state index in [1.165, 1.54) is 33.5 Å². The minimum atomic E-state index is -1.18. The van der Waals surface area contributed by atoms with Crippen molar-refractivity contribution in [2.45, 2.75) is 13.0 Å². The summed E-state index contributed by atoms with van der Waals surface area (Å²) >= 11 is 0. The van der Waals surface area contributed by atoms with E-state index in [9.17, 15) is 9.59 Å². The van der Waals surface area contributed by atoms with E-state index < -0.39 is 18.0 Å². The Balaban J connectivity index is 1.82. The average Bonchev–Trinajstić information content (AvgIpc) is 2.91. The van der Waals surface area contributed by atoms with Gasteiger partial charge in [0.2, 0.25) is 11.9 Å². The molecule has 36 heavy (non-hydrogen) atoms. The molecule has 1 amide bonds. The molecule has 0 saturated carbocycles. The highest BCUT2D eigenvalue weighted by Gasteiger charge is 2.25. The van der Waals surface area contributed by atoms with Crippen molar-refractivity contribution in [1.82, 2.24) is 0 Å². The lowest BCUT2D eigenvalue weighted by Gasteiger charge is -2.18. The molecule has 3 aromatic rings. The van der Waals surface area contributed by atoms with E-state index in [0.717, 1.165) is 0 Å². The first-order valence-corrected chi connectivity index (χ1v) is 11.3. The van der Waals surface area contributed by atoms with Gasteiger partial charge in [-0.25, -0.2) is 4.79 Å². The Bertz CT molecular complexity index is 1180. The lowest BCUT2D eigenvalue weighted by atomic mass is 10.1. The highest BCUT2D eigenvalue weighted by atomic mass is 16.5. The lowest BCUT2D eigenvalue weighted by molar-refractivity contribution is -0.149. The Morgan fingerprint density at radius 2 is 1.50 bits per heavy atom. The van der Waals surface area contributed by atoms with E-state index in [2.05, 4.69) is 5.32 Å². The van der Waals surface area contributed by atoms with E-state index in [4.69, 9.17) is 23.7 Å².